The minimum Gasteiger partial charge on any atom is -0.454 e. The number of hydrogen-bond donors (Lipinski definition) is 0. The summed E-state index contributed by atoms with van der Waals surface area (Å²) in [5, 5.41) is 4.40. The number of ketones is 1. The molecule has 25 heavy (non-hydrogen) atoms. The summed E-state index contributed by atoms with van der Waals surface area (Å²) in [6.07, 6.45) is 0. The van der Waals surface area contributed by atoms with Crippen molar-refractivity contribution in [3.05, 3.63) is 68.6 Å². The molecule has 7 heteroatoms. The van der Waals surface area contributed by atoms with Crippen molar-refractivity contribution in [3.8, 4) is 5.69 Å². The topological polar surface area (TPSA) is 61.2 Å². The van der Waals surface area contributed by atoms with E-state index in [1.165, 1.54) is 0 Å². The van der Waals surface area contributed by atoms with Gasteiger partial charge < -0.3 is 4.74 Å². The molecule has 0 aliphatic carbocycles. The third-order valence-corrected chi connectivity index (χ3v) is 4.81. The molecule has 0 N–H and O–H groups in total. The van der Waals surface area contributed by atoms with Crippen LogP contribution in [0.4, 0.5) is 0 Å². The number of nitrogens with zero attached hydrogens (tertiary/aromatic N) is 2. The van der Waals surface area contributed by atoms with E-state index in [1.807, 2.05) is 19.9 Å². The van der Waals surface area contributed by atoms with Gasteiger partial charge in [0.2, 0.25) is 5.78 Å². The van der Waals surface area contributed by atoms with E-state index in [2.05, 4.69) is 5.10 Å². The highest BCUT2D eigenvalue weighted by Crippen LogP contribution is 2.22. The van der Waals surface area contributed by atoms with Crippen molar-refractivity contribution in [2.24, 2.45) is 0 Å². The first-order valence-corrected chi connectivity index (χ1v) is 8.73. The van der Waals surface area contributed by atoms with Crippen molar-refractivity contribution >= 4 is 34.7 Å². The first kappa shape index (κ1) is 17.4. The summed E-state index contributed by atoms with van der Waals surface area (Å²) < 4.78 is 7.40. The van der Waals surface area contributed by atoms with E-state index < -0.39 is 5.97 Å². The Labute approximate surface area is 153 Å². The van der Waals surface area contributed by atoms with Crippen LogP contribution in [0.5, 0.6) is 0 Å². The zero-order valence-electron chi connectivity index (χ0n) is 13.7. The van der Waals surface area contributed by atoms with Crippen molar-refractivity contribution in [1.29, 1.82) is 0 Å². The average molecular weight is 375 g/mol. The minimum atomic E-state index is -0.545. The molecule has 0 saturated heterocycles. The van der Waals surface area contributed by atoms with Gasteiger partial charge in [0, 0.05) is 5.69 Å². The van der Waals surface area contributed by atoms with Gasteiger partial charge >= 0.3 is 5.97 Å². The number of carbonyl (C=O) groups is 2. The molecule has 3 rings (SSSR count). The van der Waals surface area contributed by atoms with Crippen molar-refractivity contribution in [1.82, 2.24) is 9.78 Å². The smallest absolute Gasteiger partial charge is 0.338 e. The highest BCUT2D eigenvalue weighted by molar-refractivity contribution is 7.18. The van der Waals surface area contributed by atoms with E-state index in [-0.39, 0.29) is 12.4 Å². The number of aryl methyl sites for hydroxylation is 2. The monoisotopic (exact) mass is 374 g/mol. The number of thiophene rings is 1. The highest BCUT2D eigenvalue weighted by Gasteiger charge is 2.14. The predicted molar refractivity (Wildman–Crippen MR) is 97.0 cm³/mol. The van der Waals surface area contributed by atoms with Crippen molar-refractivity contribution < 1.29 is 14.3 Å². The quantitative estimate of drug-likeness (QED) is 0.495. The SMILES string of the molecule is Cc1cc(C)n(-c2ccc(C(=O)OCC(=O)c3ccc(Cl)s3)cc2)n1. The number of esters is 1. The van der Waals surface area contributed by atoms with Gasteiger partial charge in [0.25, 0.3) is 0 Å². The molecule has 0 unspecified atom stereocenters. The van der Waals surface area contributed by atoms with E-state index in [0.717, 1.165) is 28.4 Å². The van der Waals surface area contributed by atoms with Gasteiger partial charge in [0.15, 0.2) is 6.61 Å². The van der Waals surface area contributed by atoms with Gasteiger partial charge in [0.05, 0.1) is 26.2 Å². The normalized spacial score (nSPS) is 10.7. The van der Waals surface area contributed by atoms with Crippen molar-refractivity contribution in [3.63, 3.8) is 0 Å². The zero-order chi connectivity index (χ0) is 18.0. The van der Waals surface area contributed by atoms with Crippen LogP contribution in [0.3, 0.4) is 0 Å². The Balaban J connectivity index is 1.65. The van der Waals surface area contributed by atoms with Crippen LogP contribution in [-0.2, 0) is 4.74 Å². The fourth-order valence-corrected chi connectivity index (χ4v) is 3.35. The molecule has 0 bridgehead atoms. The fourth-order valence-electron chi connectivity index (χ4n) is 2.38. The van der Waals surface area contributed by atoms with Crippen LogP contribution in [0, 0.1) is 13.8 Å². The second kappa shape index (κ2) is 7.21. The number of ether oxygens (including phenoxy) is 1. The molecule has 0 aliphatic heterocycles. The Hall–Kier alpha value is -2.44. The van der Waals surface area contributed by atoms with Crippen LogP contribution in [0.1, 0.15) is 31.4 Å². The second-order valence-electron chi connectivity index (χ2n) is 5.49. The lowest BCUT2D eigenvalue weighted by atomic mass is 10.2. The van der Waals surface area contributed by atoms with Gasteiger partial charge in [0.1, 0.15) is 0 Å². The minimum absolute atomic E-state index is 0.274. The summed E-state index contributed by atoms with van der Waals surface area (Å²) in [6, 6.07) is 12.1. The fraction of sp³-hybridized carbons (Fsp3) is 0.167. The third kappa shape index (κ3) is 3.97. The summed E-state index contributed by atoms with van der Waals surface area (Å²) in [6.45, 7) is 3.58. The lowest BCUT2D eigenvalue weighted by Gasteiger charge is -2.06. The number of Topliss-reactive ketones (excluding diaryl/α,β-unsaturated/α-hetero) is 1. The summed E-state index contributed by atoms with van der Waals surface area (Å²) >= 11 is 6.95. The standard InChI is InChI=1S/C18H15ClN2O3S/c1-11-9-12(2)21(20-11)14-5-3-13(4-6-14)18(23)24-10-15(22)16-7-8-17(19)25-16/h3-9H,10H2,1-2H3. The van der Waals surface area contributed by atoms with E-state index in [9.17, 15) is 9.59 Å². The summed E-state index contributed by atoms with van der Waals surface area (Å²) in [4.78, 5) is 24.5. The van der Waals surface area contributed by atoms with Crippen LogP contribution in [0.2, 0.25) is 4.34 Å². The van der Waals surface area contributed by atoms with Crippen LogP contribution in [0.25, 0.3) is 5.69 Å². The molecule has 5 nitrogen and oxygen atoms in total. The van der Waals surface area contributed by atoms with Gasteiger partial charge in [-0.25, -0.2) is 9.48 Å². The van der Waals surface area contributed by atoms with Gasteiger partial charge in [-0.1, -0.05) is 11.6 Å². The summed E-state index contributed by atoms with van der Waals surface area (Å²) in [5.41, 5.74) is 3.16. The Morgan fingerprint density at radius 3 is 2.44 bits per heavy atom. The Morgan fingerprint density at radius 2 is 1.88 bits per heavy atom. The van der Waals surface area contributed by atoms with Crippen molar-refractivity contribution in [2.75, 3.05) is 6.61 Å². The molecule has 0 amide bonds. The van der Waals surface area contributed by atoms with E-state index in [0.29, 0.717) is 14.8 Å². The number of halogens is 1. The Kier molecular flexibility index (Phi) is 5.01. The van der Waals surface area contributed by atoms with E-state index in [1.54, 1.807) is 41.1 Å². The number of aromatic nitrogens is 2. The maximum atomic E-state index is 12.1. The number of benzene rings is 1. The largest absolute Gasteiger partial charge is 0.454 e. The Morgan fingerprint density at radius 1 is 1.16 bits per heavy atom. The first-order chi connectivity index (χ1) is 11.9. The van der Waals surface area contributed by atoms with Crippen LogP contribution < -0.4 is 0 Å². The number of carbonyl (C=O) groups excluding carboxylic acids is 2. The highest BCUT2D eigenvalue weighted by atomic mass is 35.5. The molecule has 3 aromatic rings. The molecule has 0 saturated carbocycles. The molecule has 2 heterocycles. The molecule has 2 aromatic heterocycles. The Bertz CT molecular complexity index is 928. The van der Waals surface area contributed by atoms with Gasteiger partial charge in [-0.05, 0) is 56.3 Å². The van der Waals surface area contributed by atoms with Gasteiger partial charge in [-0.15, -0.1) is 11.3 Å². The van der Waals surface area contributed by atoms with Gasteiger partial charge in [-0.2, -0.15) is 5.10 Å². The molecule has 0 aliphatic rings. The van der Waals surface area contributed by atoms with Crippen LogP contribution >= 0.6 is 22.9 Å². The first-order valence-electron chi connectivity index (χ1n) is 7.53. The van der Waals surface area contributed by atoms with E-state index >= 15 is 0 Å². The third-order valence-electron chi connectivity index (χ3n) is 3.54. The molecule has 0 radical (unpaired) electrons. The van der Waals surface area contributed by atoms with Crippen LogP contribution in [0.15, 0.2) is 42.5 Å². The molecule has 0 fully saturated rings. The number of hydrogen-bond acceptors (Lipinski definition) is 5. The van der Waals surface area contributed by atoms with E-state index in [4.69, 9.17) is 16.3 Å². The van der Waals surface area contributed by atoms with Crippen molar-refractivity contribution in [2.45, 2.75) is 13.8 Å². The summed E-state index contributed by atoms with van der Waals surface area (Å²) in [5.74, 6) is -0.819. The molecular weight excluding hydrogens is 360 g/mol. The maximum absolute atomic E-state index is 12.1. The van der Waals surface area contributed by atoms with Crippen LogP contribution in [-0.4, -0.2) is 28.1 Å². The molecule has 128 valence electrons. The molecular formula is C18H15ClN2O3S. The molecule has 1 aromatic carbocycles. The lowest BCUT2D eigenvalue weighted by molar-refractivity contribution is 0.0476. The summed E-state index contributed by atoms with van der Waals surface area (Å²) in [7, 11) is 0. The second-order valence-corrected chi connectivity index (χ2v) is 7.20. The molecule has 0 spiro atoms. The predicted octanol–water partition coefficient (Wildman–Crippen LogP) is 4.24. The zero-order valence-corrected chi connectivity index (χ0v) is 15.2. The maximum Gasteiger partial charge on any atom is 0.338 e. The van der Waals surface area contributed by atoms with Gasteiger partial charge in [-0.3, -0.25) is 4.79 Å². The lowest BCUT2D eigenvalue weighted by Crippen LogP contribution is -2.13. The number of rotatable bonds is 5. The average Bonchev–Trinajstić information content (AvgIpc) is 3.17. The molecule has 0 atom stereocenters.